The van der Waals surface area contributed by atoms with Gasteiger partial charge in [0.15, 0.2) is 5.69 Å². The first-order valence-corrected chi connectivity index (χ1v) is 15.5. The maximum absolute atomic E-state index is 15.0. The van der Waals surface area contributed by atoms with Crippen molar-refractivity contribution in [3.8, 4) is 11.4 Å². The highest BCUT2D eigenvalue weighted by molar-refractivity contribution is 6.30. The first kappa shape index (κ1) is 31.0. The number of benzene rings is 1. The van der Waals surface area contributed by atoms with Crippen LogP contribution in [0, 0.1) is 23.1 Å². The summed E-state index contributed by atoms with van der Waals surface area (Å²) >= 11 is 6.22. The number of nitrogens with zero attached hydrogens (tertiary/aromatic N) is 3. The predicted molar refractivity (Wildman–Crippen MR) is 162 cm³/mol. The van der Waals surface area contributed by atoms with E-state index in [9.17, 15) is 19.1 Å². The van der Waals surface area contributed by atoms with Crippen LogP contribution in [-0.4, -0.2) is 62.1 Å². The molecule has 0 radical (unpaired) electrons. The zero-order valence-corrected chi connectivity index (χ0v) is 26.4. The molecule has 8 nitrogen and oxygen atoms in total. The van der Waals surface area contributed by atoms with Crippen LogP contribution in [0.5, 0.6) is 0 Å². The van der Waals surface area contributed by atoms with Gasteiger partial charge in [-0.1, -0.05) is 46.2 Å². The number of rotatable bonds is 5. The molecule has 2 amide bonds. The van der Waals surface area contributed by atoms with Crippen LogP contribution < -0.4 is 10.6 Å². The van der Waals surface area contributed by atoms with Gasteiger partial charge in [0, 0.05) is 23.7 Å². The minimum Gasteiger partial charge on any atom is -0.390 e. The molecule has 3 aliphatic rings. The van der Waals surface area contributed by atoms with Crippen molar-refractivity contribution >= 4 is 23.4 Å². The van der Waals surface area contributed by atoms with Crippen molar-refractivity contribution in [2.24, 2.45) is 17.3 Å². The number of aliphatic hydroxyl groups is 1. The largest absolute Gasteiger partial charge is 0.390 e. The number of halogens is 2. The average molecular weight is 602 g/mol. The molecule has 42 heavy (non-hydrogen) atoms. The Morgan fingerprint density at radius 3 is 2.45 bits per heavy atom. The minimum atomic E-state index is -0.853. The average Bonchev–Trinajstić information content (AvgIpc) is 3.07. The van der Waals surface area contributed by atoms with E-state index in [2.05, 4.69) is 34.4 Å². The van der Waals surface area contributed by atoms with E-state index >= 15 is 0 Å². The molecule has 2 aromatic rings. The third-order valence-electron chi connectivity index (χ3n) is 9.19. The van der Waals surface area contributed by atoms with E-state index in [1.54, 1.807) is 0 Å². The monoisotopic (exact) mass is 601 g/mol. The summed E-state index contributed by atoms with van der Waals surface area (Å²) in [5.41, 5.74) is -0.800. The van der Waals surface area contributed by atoms with Gasteiger partial charge in [-0.05, 0) is 87.6 Å². The van der Waals surface area contributed by atoms with E-state index in [1.807, 2.05) is 32.4 Å². The summed E-state index contributed by atoms with van der Waals surface area (Å²) < 4.78 is 16.9. The molecule has 10 heteroatoms. The standard InChI is InChI=1S/C32H45ClFN5O3/c1-19-13-31(14-20(2)16-32(42,15-19)18-31)37-29(41)26(30(3,4)5)36-28(40)25-24-17-38(6)10-7-11-39(24)27(35-25)22-12-21(33)8-9-23(22)34/h8-9,12,19-20,26,42H,7,10-11,13-18H2,1-6H3,(H,36,40)(H,37,41)/t19-,20+,26-,31?,32?/m1/s1. The van der Waals surface area contributed by atoms with Crippen LogP contribution in [0.3, 0.4) is 0 Å². The van der Waals surface area contributed by atoms with E-state index in [0.29, 0.717) is 36.1 Å². The molecular formula is C32H45ClFN5O3. The van der Waals surface area contributed by atoms with Gasteiger partial charge in [0.2, 0.25) is 5.91 Å². The Hall–Kier alpha value is -2.49. The van der Waals surface area contributed by atoms with Gasteiger partial charge in [-0.2, -0.15) is 0 Å². The van der Waals surface area contributed by atoms with Gasteiger partial charge in [-0.15, -0.1) is 0 Å². The van der Waals surface area contributed by atoms with Crippen LogP contribution in [0.2, 0.25) is 5.02 Å². The number of nitrogens with one attached hydrogen (secondary N) is 2. The number of aromatic nitrogens is 2. The molecule has 2 heterocycles. The molecule has 2 bridgehead atoms. The first-order chi connectivity index (χ1) is 19.6. The summed E-state index contributed by atoms with van der Waals surface area (Å²) in [5, 5.41) is 18.1. The molecule has 0 spiro atoms. The fourth-order valence-corrected chi connectivity index (χ4v) is 8.16. The number of carbonyl (C=O) groups excluding carboxylic acids is 2. The summed E-state index contributed by atoms with van der Waals surface area (Å²) in [7, 11) is 1.98. The number of fused-ring (bicyclic) bond motifs is 3. The Kier molecular flexibility index (Phi) is 8.26. The highest BCUT2D eigenvalue weighted by atomic mass is 35.5. The second-order valence-electron chi connectivity index (χ2n) is 14.6. The third kappa shape index (κ3) is 6.24. The molecule has 1 aromatic carbocycles. The Bertz CT molecular complexity index is 1350. The molecule has 3 N–H and O–H groups in total. The van der Waals surface area contributed by atoms with Gasteiger partial charge >= 0.3 is 0 Å². The lowest BCUT2D eigenvalue weighted by atomic mass is 9.58. The smallest absolute Gasteiger partial charge is 0.272 e. The van der Waals surface area contributed by atoms with Crippen LogP contribution in [0.1, 0.15) is 89.3 Å². The molecule has 2 unspecified atom stereocenters. The molecule has 230 valence electrons. The summed E-state index contributed by atoms with van der Waals surface area (Å²) in [4.78, 5) is 34.8. The van der Waals surface area contributed by atoms with Crippen molar-refractivity contribution in [2.75, 3.05) is 13.6 Å². The number of imidazole rings is 1. The molecule has 5 atom stereocenters. The Labute approximate surface area is 253 Å². The quantitative estimate of drug-likeness (QED) is 0.440. The second kappa shape index (κ2) is 11.2. The molecule has 2 saturated carbocycles. The van der Waals surface area contributed by atoms with E-state index in [0.717, 1.165) is 38.6 Å². The Balaban J connectivity index is 1.47. The lowest BCUT2D eigenvalue weighted by Crippen LogP contribution is -2.65. The van der Waals surface area contributed by atoms with Crippen LogP contribution in [0.25, 0.3) is 11.4 Å². The van der Waals surface area contributed by atoms with Crippen molar-refractivity contribution in [1.82, 2.24) is 25.1 Å². The number of hydrogen-bond acceptors (Lipinski definition) is 5. The Morgan fingerprint density at radius 2 is 1.81 bits per heavy atom. The van der Waals surface area contributed by atoms with Crippen molar-refractivity contribution in [2.45, 2.75) is 103 Å². The molecule has 1 aliphatic heterocycles. The van der Waals surface area contributed by atoms with Crippen LogP contribution in [-0.2, 0) is 17.9 Å². The summed E-state index contributed by atoms with van der Waals surface area (Å²) in [6, 6.07) is 3.47. The fourth-order valence-electron chi connectivity index (χ4n) is 7.99. The first-order valence-electron chi connectivity index (χ1n) is 15.2. The molecule has 2 fully saturated rings. The number of carbonyl (C=O) groups is 2. The van der Waals surface area contributed by atoms with E-state index in [1.165, 1.54) is 18.2 Å². The van der Waals surface area contributed by atoms with Crippen molar-refractivity contribution in [3.05, 3.63) is 40.4 Å². The lowest BCUT2D eigenvalue weighted by Gasteiger charge is -2.54. The maximum Gasteiger partial charge on any atom is 0.272 e. The van der Waals surface area contributed by atoms with Crippen LogP contribution in [0.4, 0.5) is 4.39 Å². The molecule has 1 aromatic heterocycles. The fraction of sp³-hybridized carbons (Fsp3) is 0.656. The van der Waals surface area contributed by atoms with Crippen molar-refractivity contribution in [3.63, 3.8) is 0 Å². The minimum absolute atomic E-state index is 0.185. The molecule has 2 aliphatic carbocycles. The summed E-state index contributed by atoms with van der Waals surface area (Å²) in [5.74, 6) is -0.282. The van der Waals surface area contributed by atoms with Crippen LogP contribution >= 0.6 is 11.6 Å². The predicted octanol–water partition coefficient (Wildman–Crippen LogP) is 5.16. The Morgan fingerprint density at radius 1 is 1.14 bits per heavy atom. The summed E-state index contributed by atoms with van der Waals surface area (Å²) in [6.07, 6.45) is 4.42. The number of amides is 2. The summed E-state index contributed by atoms with van der Waals surface area (Å²) in [6.45, 7) is 11.9. The molecule has 5 rings (SSSR count). The highest BCUT2D eigenvalue weighted by Crippen LogP contribution is 2.49. The lowest BCUT2D eigenvalue weighted by molar-refractivity contribution is -0.135. The van der Waals surface area contributed by atoms with Gasteiger partial charge in [-0.25, -0.2) is 9.37 Å². The maximum atomic E-state index is 15.0. The number of hydrogen-bond donors (Lipinski definition) is 3. The van der Waals surface area contributed by atoms with Gasteiger partial charge < -0.3 is 25.2 Å². The van der Waals surface area contributed by atoms with Gasteiger partial charge in [0.25, 0.3) is 5.91 Å². The van der Waals surface area contributed by atoms with E-state index < -0.39 is 34.3 Å². The highest BCUT2D eigenvalue weighted by Gasteiger charge is 2.53. The van der Waals surface area contributed by atoms with Crippen molar-refractivity contribution in [1.29, 1.82) is 0 Å². The van der Waals surface area contributed by atoms with Crippen LogP contribution in [0.15, 0.2) is 18.2 Å². The third-order valence-corrected chi connectivity index (χ3v) is 9.43. The SMILES string of the molecule is C[C@@H]1CC2(O)C[C@H](C)CC(NC(=O)[C@@H](NC(=O)c3nc(-c4cc(Cl)ccc4F)n4c3CN(C)CCC4)C(C)(C)C)(C1)C2. The van der Waals surface area contributed by atoms with Crippen molar-refractivity contribution < 1.29 is 19.1 Å². The van der Waals surface area contributed by atoms with Gasteiger partial charge in [-0.3, -0.25) is 9.59 Å². The normalized spacial score (nSPS) is 28.9. The van der Waals surface area contributed by atoms with Gasteiger partial charge in [0.05, 0.1) is 16.9 Å². The molecular weight excluding hydrogens is 557 g/mol. The van der Waals surface area contributed by atoms with E-state index in [-0.39, 0.29) is 29.0 Å². The molecule has 0 saturated heterocycles. The van der Waals surface area contributed by atoms with Gasteiger partial charge in [0.1, 0.15) is 17.7 Å². The zero-order valence-electron chi connectivity index (χ0n) is 25.7. The second-order valence-corrected chi connectivity index (χ2v) is 15.0. The van der Waals surface area contributed by atoms with E-state index in [4.69, 9.17) is 11.6 Å². The zero-order chi connectivity index (χ0) is 30.6. The topological polar surface area (TPSA) is 99.5 Å².